The SMILES string of the molecule is CCN(C(=O)c1ccc(CN)o1)C(C)COC. The molecule has 0 saturated heterocycles. The Morgan fingerprint density at radius 1 is 1.59 bits per heavy atom. The van der Waals surface area contributed by atoms with Gasteiger partial charge in [0.2, 0.25) is 0 Å². The molecule has 1 aromatic rings. The maximum atomic E-state index is 12.2. The van der Waals surface area contributed by atoms with Gasteiger partial charge in [-0.25, -0.2) is 0 Å². The Hall–Kier alpha value is -1.33. The summed E-state index contributed by atoms with van der Waals surface area (Å²) in [4.78, 5) is 13.9. The van der Waals surface area contributed by atoms with Gasteiger partial charge in [0.05, 0.1) is 19.2 Å². The largest absolute Gasteiger partial charge is 0.455 e. The zero-order valence-corrected chi connectivity index (χ0v) is 10.6. The Labute approximate surface area is 102 Å². The van der Waals surface area contributed by atoms with Gasteiger partial charge >= 0.3 is 0 Å². The molecular weight excluding hydrogens is 220 g/mol. The van der Waals surface area contributed by atoms with Gasteiger partial charge in [0.25, 0.3) is 5.91 Å². The van der Waals surface area contributed by atoms with Crippen LogP contribution in [0.4, 0.5) is 0 Å². The average Bonchev–Trinajstić information content (AvgIpc) is 2.78. The van der Waals surface area contributed by atoms with E-state index < -0.39 is 0 Å². The second kappa shape index (κ2) is 6.42. The highest BCUT2D eigenvalue weighted by molar-refractivity contribution is 5.91. The van der Waals surface area contributed by atoms with Gasteiger partial charge in [0.1, 0.15) is 5.76 Å². The topological polar surface area (TPSA) is 68.7 Å². The van der Waals surface area contributed by atoms with E-state index in [-0.39, 0.29) is 11.9 Å². The van der Waals surface area contributed by atoms with Crippen LogP contribution in [0.2, 0.25) is 0 Å². The van der Waals surface area contributed by atoms with Gasteiger partial charge in [-0.15, -0.1) is 0 Å². The number of amides is 1. The molecule has 1 rings (SSSR count). The molecule has 1 aromatic heterocycles. The Kier molecular flexibility index (Phi) is 5.18. The van der Waals surface area contributed by atoms with Crippen LogP contribution in [0.1, 0.15) is 30.2 Å². The molecule has 2 N–H and O–H groups in total. The van der Waals surface area contributed by atoms with Crippen LogP contribution < -0.4 is 5.73 Å². The molecule has 96 valence electrons. The minimum absolute atomic E-state index is 0.0175. The Morgan fingerprint density at radius 3 is 2.76 bits per heavy atom. The van der Waals surface area contributed by atoms with Crippen molar-refractivity contribution < 1.29 is 13.9 Å². The predicted octanol–water partition coefficient (Wildman–Crippen LogP) is 1.24. The fourth-order valence-electron chi connectivity index (χ4n) is 1.73. The fourth-order valence-corrected chi connectivity index (χ4v) is 1.73. The number of methoxy groups -OCH3 is 1. The lowest BCUT2D eigenvalue weighted by Crippen LogP contribution is -2.40. The number of nitrogens with two attached hydrogens (primary N) is 1. The van der Waals surface area contributed by atoms with Gasteiger partial charge in [-0.05, 0) is 26.0 Å². The summed E-state index contributed by atoms with van der Waals surface area (Å²) in [5, 5.41) is 0. The van der Waals surface area contributed by atoms with E-state index in [2.05, 4.69) is 0 Å². The maximum Gasteiger partial charge on any atom is 0.289 e. The van der Waals surface area contributed by atoms with E-state index in [1.54, 1.807) is 24.1 Å². The molecule has 0 saturated carbocycles. The van der Waals surface area contributed by atoms with Crippen molar-refractivity contribution in [2.45, 2.75) is 26.4 Å². The van der Waals surface area contributed by atoms with Crippen LogP contribution in [0, 0.1) is 0 Å². The highest BCUT2D eigenvalue weighted by Crippen LogP contribution is 2.12. The number of hydrogen-bond acceptors (Lipinski definition) is 4. The van der Waals surface area contributed by atoms with Gasteiger partial charge in [0, 0.05) is 13.7 Å². The summed E-state index contributed by atoms with van der Waals surface area (Å²) in [6.07, 6.45) is 0. The van der Waals surface area contributed by atoms with Gasteiger partial charge in [-0.2, -0.15) is 0 Å². The molecule has 0 fully saturated rings. The van der Waals surface area contributed by atoms with Crippen molar-refractivity contribution in [2.24, 2.45) is 5.73 Å². The third-order valence-electron chi connectivity index (χ3n) is 2.62. The first-order valence-electron chi connectivity index (χ1n) is 5.72. The molecule has 17 heavy (non-hydrogen) atoms. The molecule has 0 aromatic carbocycles. The zero-order valence-electron chi connectivity index (χ0n) is 10.6. The van der Waals surface area contributed by atoms with Gasteiger partial charge in [-0.3, -0.25) is 4.79 Å². The van der Waals surface area contributed by atoms with Crippen LogP contribution in [0.3, 0.4) is 0 Å². The first kappa shape index (κ1) is 13.7. The van der Waals surface area contributed by atoms with Crippen LogP contribution in [-0.4, -0.2) is 37.1 Å². The minimum atomic E-state index is -0.128. The van der Waals surface area contributed by atoms with Crippen molar-refractivity contribution in [3.8, 4) is 0 Å². The third kappa shape index (κ3) is 3.31. The van der Waals surface area contributed by atoms with E-state index in [4.69, 9.17) is 14.9 Å². The molecule has 5 heteroatoms. The first-order chi connectivity index (χ1) is 8.13. The van der Waals surface area contributed by atoms with Crippen molar-refractivity contribution in [2.75, 3.05) is 20.3 Å². The van der Waals surface area contributed by atoms with E-state index in [0.717, 1.165) is 0 Å². The van der Waals surface area contributed by atoms with E-state index in [0.29, 0.717) is 31.2 Å². The highest BCUT2D eigenvalue weighted by Gasteiger charge is 2.22. The normalized spacial score (nSPS) is 12.5. The van der Waals surface area contributed by atoms with E-state index in [1.807, 2.05) is 13.8 Å². The number of hydrogen-bond donors (Lipinski definition) is 1. The molecule has 1 amide bonds. The van der Waals surface area contributed by atoms with Crippen LogP contribution in [0.25, 0.3) is 0 Å². The van der Waals surface area contributed by atoms with E-state index >= 15 is 0 Å². The summed E-state index contributed by atoms with van der Waals surface area (Å²) in [6.45, 7) is 5.29. The summed E-state index contributed by atoms with van der Waals surface area (Å²) in [7, 11) is 1.62. The Morgan fingerprint density at radius 2 is 2.29 bits per heavy atom. The van der Waals surface area contributed by atoms with Crippen molar-refractivity contribution >= 4 is 5.91 Å². The number of carbonyl (C=O) groups is 1. The van der Waals surface area contributed by atoms with E-state index in [9.17, 15) is 4.79 Å². The quantitative estimate of drug-likeness (QED) is 0.812. The average molecular weight is 240 g/mol. The molecule has 5 nitrogen and oxygen atoms in total. The molecule has 0 radical (unpaired) electrons. The van der Waals surface area contributed by atoms with Gasteiger partial charge in [0.15, 0.2) is 5.76 Å². The number of likely N-dealkylation sites (N-methyl/N-ethyl adjacent to an activating group) is 1. The lowest BCUT2D eigenvalue weighted by molar-refractivity contribution is 0.0548. The molecule has 0 aliphatic carbocycles. The third-order valence-corrected chi connectivity index (χ3v) is 2.62. The van der Waals surface area contributed by atoms with Crippen molar-refractivity contribution in [1.29, 1.82) is 0 Å². The Bertz CT molecular complexity index is 362. The molecule has 0 bridgehead atoms. The fraction of sp³-hybridized carbons (Fsp3) is 0.583. The Balaban J connectivity index is 2.78. The van der Waals surface area contributed by atoms with Crippen LogP contribution in [-0.2, 0) is 11.3 Å². The molecule has 0 aliphatic heterocycles. The minimum Gasteiger partial charge on any atom is -0.455 e. The molecular formula is C12H20N2O3. The summed E-state index contributed by atoms with van der Waals surface area (Å²) in [5.74, 6) is 0.816. The standard InChI is InChI=1S/C12H20N2O3/c1-4-14(9(2)8-16-3)12(15)11-6-5-10(7-13)17-11/h5-6,9H,4,7-8,13H2,1-3H3. The maximum absolute atomic E-state index is 12.2. The smallest absolute Gasteiger partial charge is 0.289 e. The van der Waals surface area contributed by atoms with Crippen molar-refractivity contribution in [3.63, 3.8) is 0 Å². The molecule has 0 spiro atoms. The summed E-state index contributed by atoms with van der Waals surface area (Å²) in [5.41, 5.74) is 5.44. The number of rotatable bonds is 6. The van der Waals surface area contributed by atoms with Crippen molar-refractivity contribution in [3.05, 3.63) is 23.7 Å². The monoisotopic (exact) mass is 240 g/mol. The summed E-state index contributed by atoms with van der Waals surface area (Å²) < 4.78 is 10.4. The lowest BCUT2D eigenvalue weighted by atomic mass is 10.2. The predicted molar refractivity (Wildman–Crippen MR) is 64.6 cm³/mol. The molecule has 1 heterocycles. The number of carbonyl (C=O) groups excluding carboxylic acids is 1. The second-order valence-corrected chi connectivity index (χ2v) is 3.87. The molecule has 1 atom stereocenters. The molecule has 0 aliphatic rings. The summed E-state index contributed by atoms with van der Waals surface area (Å²) >= 11 is 0. The first-order valence-corrected chi connectivity index (χ1v) is 5.72. The van der Waals surface area contributed by atoms with Gasteiger partial charge < -0.3 is 19.8 Å². The second-order valence-electron chi connectivity index (χ2n) is 3.87. The van der Waals surface area contributed by atoms with Crippen molar-refractivity contribution in [1.82, 2.24) is 4.90 Å². The zero-order chi connectivity index (χ0) is 12.8. The lowest BCUT2D eigenvalue weighted by Gasteiger charge is -2.26. The molecule has 1 unspecified atom stereocenters. The number of nitrogens with zero attached hydrogens (tertiary/aromatic N) is 1. The number of furan rings is 1. The van der Waals surface area contributed by atoms with Crippen LogP contribution >= 0.6 is 0 Å². The van der Waals surface area contributed by atoms with Crippen LogP contribution in [0.15, 0.2) is 16.5 Å². The van der Waals surface area contributed by atoms with Crippen LogP contribution in [0.5, 0.6) is 0 Å². The number of ether oxygens (including phenoxy) is 1. The summed E-state index contributed by atoms with van der Waals surface area (Å²) in [6, 6.07) is 3.40. The van der Waals surface area contributed by atoms with Gasteiger partial charge in [-0.1, -0.05) is 0 Å². The highest BCUT2D eigenvalue weighted by atomic mass is 16.5. The van der Waals surface area contributed by atoms with E-state index in [1.165, 1.54) is 0 Å².